The predicted octanol–water partition coefficient (Wildman–Crippen LogP) is 2.43. The van der Waals surface area contributed by atoms with Gasteiger partial charge in [-0.2, -0.15) is 0 Å². The van der Waals surface area contributed by atoms with Crippen LogP contribution in [0.3, 0.4) is 0 Å². The van der Waals surface area contributed by atoms with Gasteiger partial charge in [-0.1, -0.05) is 28.6 Å². The zero-order valence-electron chi connectivity index (χ0n) is 12.2. The van der Waals surface area contributed by atoms with E-state index in [-0.39, 0.29) is 11.5 Å². The number of carbonyl (C=O) groups excluding carboxylic acids is 1. The van der Waals surface area contributed by atoms with E-state index < -0.39 is 28.4 Å². The van der Waals surface area contributed by atoms with Gasteiger partial charge in [0.25, 0.3) is 10.0 Å². The Morgan fingerprint density at radius 2 is 1.71 bits per heavy atom. The van der Waals surface area contributed by atoms with Gasteiger partial charge >= 0.3 is 5.97 Å². The highest BCUT2D eigenvalue weighted by Crippen LogP contribution is 2.11. The summed E-state index contributed by atoms with van der Waals surface area (Å²) in [6.07, 6.45) is 0. The largest absolute Gasteiger partial charge is 0.459 e. The lowest BCUT2D eigenvalue weighted by Crippen LogP contribution is -2.27. The van der Waals surface area contributed by atoms with Crippen molar-refractivity contribution in [2.24, 2.45) is 0 Å². The molecule has 0 aliphatic heterocycles. The smallest absolute Gasteiger partial charge is 0.334 e. The van der Waals surface area contributed by atoms with E-state index in [1.54, 1.807) is 29.2 Å². The molecule has 0 heterocycles. The number of benzene rings is 2. The number of carbonyl (C=O) groups is 1. The van der Waals surface area contributed by atoms with Crippen LogP contribution in [0.4, 0.5) is 4.39 Å². The number of esters is 1. The van der Waals surface area contributed by atoms with Gasteiger partial charge in [-0.25, -0.2) is 17.6 Å². The molecule has 0 saturated carbocycles. The van der Waals surface area contributed by atoms with Gasteiger partial charge in [0.1, 0.15) is 12.4 Å². The van der Waals surface area contributed by atoms with Crippen LogP contribution in [-0.2, 0) is 31.0 Å². The van der Waals surface area contributed by atoms with Crippen LogP contribution in [0.15, 0.2) is 53.4 Å². The van der Waals surface area contributed by atoms with Crippen molar-refractivity contribution in [3.8, 4) is 0 Å². The molecule has 2 aromatic carbocycles. The van der Waals surface area contributed by atoms with Crippen molar-refractivity contribution in [2.75, 3.05) is 6.61 Å². The van der Waals surface area contributed by atoms with Gasteiger partial charge in [0.05, 0.1) is 4.90 Å². The Morgan fingerprint density at radius 1 is 1.08 bits per heavy atom. The van der Waals surface area contributed by atoms with Crippen LogP contribution in [-0.4, -0.2) is 21.0 Å². The van der Waals surface area contributed by atoms with E-state index in [1.807, 2.05) is 0 Å². The SMILES string of the molecule is O=C(CONS(=O)(=O)c1ccc(F)cc1)OCc1ccc(Cl)cc1. The van der Waals surface area contributed by atoms with Crippen LogP contribution in [0.5, 0.6) is 0 Å². The number of hydrogen-bond donors (Lipinski definition) is 1. The van der Waals surface area contributed by atoms with Crippen molar-refractivity contribution in [3.63, 3.8) is 0 Å². The Hall–Kier alpha value is -2.00. The second kappa shape index (κ2) is 8.20. The van der Waals surface area contributed by atoms with E-state index in [2.05, 4.69) is 4.84 Å². The fourth-order valence-electron chi connectivity index (χ4n) is 1.61. The van der Waals surface area contributed by atoms with Gasteiger partial charge in [-0.05, 0) is 42.0 Å². The fourth-order valence-corrected chi connectivity index (χ4v) is 2.54. The van der Waals surface area contributed by atoms with Crippen molar-refractivity contribution in [1.82, 2.24) is 4.89 Å². The summed E-state index contributed by atoms with van der Waals surface area (Å²) in [5.41, 5.74) is 0.722. The van der Waals surface area contributed by atoms with Crippen LogP contribution in [0, 0.1) is 5.82 Å². The normalized spacial score (nSPS) is 11.2. The first-order chi connectivity index (χ1) is 11.4. The first-order valence-corrected chi connectivity index (χ1v) is 8.52. The van der Waals surface area contributed by atoms with E-state index in [9.17, 15) is 17.6 Å². The molecule has 6 nitrogen and oxygen atoms in total. The van der Waals surface area contributed by atoms with Crippen molar-refractivity contribution in [2.45, 2.75) is 11.5 Å². The summed E-state index contributed by atoms with van der Waals surface area (Å²) in [5.74, 6) is -1.33. The monoisotopic (exact) mass is 373 g/mol. The van der Waals surface area contributed by atoms with Crippen LogP contribution in [0.25, 0.3) is 0 Å². The summed E-state index contributed by atoms with van der Waals surface area (Å²) >= 11 is 5.73. The summed E-state index contributed by atoms with van der Waals surface area (Å²) < 4.78 is 41.3. The molecule has 0 spiro atoms. The van der Waals surface area contributed by atoms with Crippen LogP contribution >= 0.6 is 11.6 Å². The minimum Gasteiger partial charge on any atom is -0.459 e. The van der Waals surface area contributed by atoms with E-state index in [1.165, 1.54) is 0 Å². The van der Waals surface area contributed by atoms with Gasteiger partial charge < -0.3 is 4.74 Å². The molecule has 0 aliphatic carbocycles. The Morgan fingerprint density at radius 3 is 2.33 bits per heavy atom. The highest BCUT2D eigenvalue weighted by atomic mass is 35.5. The molecule has 128 valence electrons. The minimum absolute atomic E-state index is 0.00404. The summed E-state index contributed by atoms with van der Waals surface area (Å²) in [7, 11) is -4.01. The van der Waals surface area contributed by atoms with Gasteiger partial charge in [-0.3, -0.25) is 4.84 Å². The average molecular weight is 374 g/mol. The Labute approximate surface area is 143 Å². The number of hydrogen-bond acceptors (Lipinski definition) is 5. The molecule has 0 radical (unpaired) electrons. The lowest BCUT2D eigenvalue weighted by molar-refractivity contribution is -0.151. The summed E-state index contributed by atoms with van der Waals surface area (Å²) in [5, 5.41) is 0.559. The molecule has 2 aromatic rings. The number of sulfonamides is 1. The maximum atomic E-state index is 12.8. The van der Waals surface area contributed by atoms with E-state index in [4.69, 9.17) is 16.3 Å². The predicted molar refractivity (Wildman–Crippen MR) is 83.9 cm³/mol. The molecule has 0 saturated heterocycles. The molecule has 0 atom stereocenters. The number of nitrogens with one attached hydrogen (secondary N) is 1. The second-order valence-electron chi connectivity index (χ2n) is 4.62. The standard InChI is InChI=1S/C15H13ClFNO5S/c16-12-3-1-11(2-4-12)9-22-15(19)10-23-18-24(20,21)14-7-5-13(17)6-8-14/h1-8,18H,9-10H2. The van der Waals surface area contributed by atoms with Crippen LogP contribution in [0.1, 0.15) is 5.56 Å². The zero-order chi connectivity index (χ0) is 17.6. The molecule has 0 unspecified atom stereocenters. The fraction of sp³-hybridized carbons (Fsp3) is 0.133. The molecule has 0 aliphatic rings. The summed E-state index contributed by atoms with van der Waals surface area (Å²) in [6, 6.07) is 10.8. The van der Waals surface area contributed by atoms with Crippen molar-refractivity contribution in [1.29, 1.82) is 0 Å². The molecule has 24 heavy (non-hydrogen) atoms. The lowest BCUT2D eigenvalue weighted by Gasteiger charge is -2.08. The molecule has 1 N–H and O–H groups in total. The topological polar surface area (TPSA) is 81.7 Å². The highest BCUT2D eigenvalue weighted by Gasteiger charge is 2.15. The molecule has 9 heteroatoms. The molecule has 0 aromatic heterocycles. The third kappa shape index (κ3) is 5.57. The first kappa shape index (κ1) is 18.3. The van der Waals surface area contributed by atoms with Crippen LogP contribution < -0.4 is 4.89 Å². The average Bonchev–Trinajstić information content (AvgIpc) is 2.54. The van der Waals surface area contributed by atoms with E-state index >= 15 is 0 Å². The Bertz CT molecular complexity index is 794. The van der Waals surface area contributed by atoms with Crippen LogP contribution in [0.2, 0.25) is 5.02 Å². The first-order valence-electron chi connectivity index (χ1n) is 6.66. The number of rotatable bonds is 7. The maximum Gasteiger partial charge on any atom is 0.334 e. The second-order valence-corrected chi connectivity index (χ2v) is 6.70. The summed E-state index contributed by atoms with van der Waals surface area (Å²) in [6.45, 7) is -0.613. The van der Waals surface area contributed by atoms with E-state index in [0.29, 0.717) is 5.02 Å². The minimum atomic E-state index is -4.01. The molecule has 0 bridgehead atoms. The molecule has 0 fully saturated rings. The summed E-state index contributed by atoms with van der Waals surface area (Å²) in [4.78, 5) is 17.7. The van der Waals surface area contributed by atoms with Gasteiger partial charge in [0.2, 0.25) is 0 Å². The quantitative estimate of drug-likeness (QED) is 0.595. The molecule has 2 rings (SSSR count). The third-order valence-corrected chi connectivity index (χ3v) is 4.28. The zero-order valence-corrected chi connectivity index (χ0v) is 13.8. The maximum absolute atomic E-state index is 12.8. The lowest BCUT2D eigenvalue weighted by atomic mass is 10.2. The van der Waals surface area contributed by atoms with E-state index in [0.717, 1.165) is 29.8 Å². The highest BCUT2D eigenvalue weighted by molar-refractivity contribution is 7.89. The molecule has 0 amide bonds. The van der Waals surface area contributed by atoms with Gasteiger partial charge in [0, 0.05) is 5.02 Å². The van der Waals surface area contributed by atoms with Crippen molar-refractivity contribution in [3.05, 3.63) is 64.9 Å². The third-order valence-electron chi connectivity index (χ3n) is 2.80. The molecular weight excluding hydrogens is 361 g/mol. The number of halogens is 2. The Kier molecular flexibility index (Phi) is 6.27. The van der Waals surface area contributed by atoms with Crippen molar-refractivity contribution >= 4 is 27.6 Å². The van der Waals surface area contributed by atoms with Gasteiger partial charge in [-0.15, -0.1) is 0 Å². The van der Waals surface area contributed by atoms with Gasteiger partial charge in [0.15, 0.2) is 6.61 Å². The molecular formula is C15H13ClFNO5S. The Balaban J connectivity index is 1.77. The van der Waals surface area contributed by atoms with Crippen molar-refractivity contribution < 1.29 is 27.2 Å². The number of ether oxygens (including phenoxy) is 1.